The molecule has 1 fully saturated rings. The molecule has 0 aromatic heterocycles. The summed E-state index contributed by atoms with van der Waals surface area (Å²) in [7, 11) is -4.25. The molecule has 0 atom stereocenters. The van der Waals surface area contributed by atoms with Crippen molar-refractivity contribution in [1.82, 2.24) is 10.0 Å². The van der Waals surface area contributed by atoms with Crippen LogP contribution in [0.4, 0.5) is 13.2 Å². The summed E-state index contributed by atoms with van der Waals surface area (Å²) >= 11 is 5.54. The highest BCUT2D eigenvalue weighted by Crippen LogP contribution is 2.35. The van der Waals surface area contributed by atoms with Crippen molar-refractivity contribution in [2.75, 3.05) is 13.1 Å². The van der Waals surface area contributed by atoms with Gasteiger partial charge in [0, 0.05) is 11.1 Å². The van der Waals surface area contributed by atoms with Crippen LogP contribution in [0.3, 0.4) is 0 Å². The Morgan fingerprint density at radius 1 is 1.24 bits per heavy atom. The predicted octanol–water partition coefficient (Wildman–Crippen LogP) is 2.39. The second-order valence-corrected chi connectivity index (χ2v) is 6.90. The van der Waals surface area contributed by atoms with Crippen molar-refractivity contribution in [3.63, 3.8) is 0 Å². The molecule has 1 heterocycles. The number of alkyl halides is 3. The highest BCUT2D eigenvalue weighted by Gasteiger charge is 2.38. The average molecular weight is 343 g/mol. The molecule has 0 saturated carbocycles. The molecule has 21 heavy (non-hydrogen) atoms. The summed E-state index contributed by atoms with van der Waals surface area (Å²) in [6.45, 7) is 1.25. The Balaban J connectivity index is 2.35. The monoisotopic (exact) mass is 342 g/mol. The first-order chi connectivity index (χ1) is 9.70. The zero-order valence-electron chi connectivity index (χ0n) is 10.9. The van der Waals surface area contributed by atoms with Gasteiger partial charge in [0.25, 0.3) is 0 Å². The highest BCUT2D eigenvalue weighted by atomic mass is 35.5. The van der Waals surface area contributed by atoms with E-state index in [1.165, 1.54) is 0 Å². The van der Waals surface area contributed by atoms with Gasteiger partial charge >= 0.3 is 6.18 Å². The molecule has 0 spiro atoms. The van der Waals surface area contributed by atoms with Crippen LogP contribution in [0.5, 0.6) is 0 Å². The summed E-state index contributed by atoms with van der Waals surface area (Å²) < 4.78 is 65.7. The van der Waals surface area contributed by atoms with E-state index in [-0.39, 0.29) is 11.1 Å². The van der Waals surface area contributed by atoms with Crippen molar-refractivity contribution in [2.45, 2.75) is 30.0 Å². The van der Waals surface area contributed by atoms with Gasteiger partial charge in [-0.25, -0.2) is 13.1 Å². The van der Waals surface area contributed by atoms with Crippen LogP contribution in [-0.2, 0) is 16.2 Å². The minimum absolute atomic E-state index is 0.164. The molecule has 118 valence electrons. The largest absolute Gasteiger partial charge is 0.417 e. The lowest BCUT2D eigenvalue weighted by atomic mass is 10.1. The molecule has 1 aliphatic heterocycles. The number of hydrogen-bond donors (Lipinski definition) is 2. The topological polar surface area (TPSA) is 58.2 Å². The lowest BCUT2D eigenvalue weighted by Gasteiger charge is -2.24. The van der Waals surface area contributed by atoms with E-state index in [1.807, 2.05) is 0 Å². The normalized spacial score (nSPS) is 17.9. The molecular weight excluding hydrogens is 329 g/mol. The molecule has 2 rings (SSSR count). The molecule has 0 unspecified atom stereocenters. The van der Waals surface area contributed by atoms with Crippen LogP contribution < -0.4 is 10.0 Å². The molecule has 0 amide bonds. The number of rotatable bonds is 3. The zero-order valence-corrected chi connectivity index (χ0v) is 12.4. The maximum Gasteiger partial charge on any atom is 0.417 e. The molecule has 1 aromatic rings. The molecular formula is C12H14ClF3N2O2S. The summed E-state index contributed by atoms with van der Waals surface area (Å²) in [5, 5.41) is 2.89. The fourth-order valence-electron chi connectivity index (χ4n) is 2.18. The smallest absolute Gasteiger partial charge is 0.317 e. The van der Waals surface area contributed by atoms with Crippen molar-refractivity contribution in [1.29, 1.82) is 0 Å². The number of hydrogen-bond acceptors (Lipinski definition) is 3. The zero-order chi connectivity index (χ0) is 15.7. The van der Waals surface area contributed by atoms with Gasteiger partial charge in [0.2, 0.25) is 10.0 Å². The third-order valence-electron chi connectivity index (χ3n) is 3.20. The minimum atomic E-state index is -4.79. The van der Waals surface area contributed by atoms with Crippen LogP contribution in [0, 0.1) is 0 Å². The number of piperidine rings is 1. The minimum Gasteiger partial charge on any atom is -0.317 e. The van der Waals surface area contributed by atoms with Gasteiger partial charge < -0.3 is 5.32 Å². The molecule has 4 nitrogen and oxygen atoms in total. The highest BCUT2D eigenvalue weighted by molar-refractivity contribution is 7.89. The van der Waals surface area contributed by atoms with Gasteiger partial charge in [0.15, 0.2) is 0 Å². The Kier molecular flexibility index (Phi) is 4.82. The molecule has 2 N–H and O–H groups in total. The first kappa shape index (κ1) is 16.5. The second kappa shape index (κ2) is 6.12. The van der Waals surface area contributed by atoms with Crippen molar-refractivity contribution in [3.8, 4) is 0 Å². The lowest BCUT2D eigenvalue weighted by Crippen LogP contribution is -2.43. The molecule has 9 heteroatoms. The fraction of sp³-hybridized carbons (Fsp3) is 0.500. The molecule has 0 radical (unpaired) electrons. The standard InChI is InChI=1S/C12H14ClF3N2O2S/c13-8-1-2-11(10(7-8)12(14,15)16)21(19,20)18-9-3-5-17-6-4-9/h1-2,7,9,17-18H,3-6H2. The van der Waals surface area contributed by atoms with Crippen LogP contribution in [0.2, 0.25) is 5.02 Å². The first-order valence-corrected chi connectivity index (χ1v) is 8.16. The van der Waals surface area contributed by atoms with Crippen LogP contribution >= 0.6 is 11.6 Å². The van der Waals surface area contributed by atoms with Crippen LogP contribution in [-0.4, -0.2) is 27.5 Å². The fourth-order valence-corrected chi connectivity index (χ4v) is 3.87. The summed E-state index contributed by atoms with van der Waals surface area (Å²) in [5.41, 5.74) is -1.25. The van der Waals surface area contributed by atoms with Crippen LogP contribution in [0.1, 0.15) is 18.4 Å². The van der Waals surface area contributed by atoms with E-state index < -0.39 is 26.7 Å². The van der Waals surface area contributed by atoms with E-state index in [0.717, 1.165) is 12.1 Å². The molecule has 0 bridgehead atoms. The maximum absolute atomic E-state index is 13.0. The summed E-state index contributed by atoms with van der Waals surface area (Å²) in [5.74, 6) is 0. The quantitative estimate of drug-likeness (QED) is 0.886. The van der Waals surface area contributed by atoms with E-state index >= 15 is 0 Å². The first-order valence-electron chi connectivity index (χ1n) is 6.30. The number of nitrogens with one attached hydrogen (secondary N) is 2. The van der Waals surface area contributed by atoms with Gasteiger partial charge in [-0.3, -0.25) is 0 Å². The van der Waals surface area contributed by atoms with Crippen LogP contribution in [0.25, 0.3) is 0 Å². The Morgan fingerprint density at radius 2 is 1.86 bits per heavy atom. The summed E-state index contributed by atoms with van der Waals surface area (Å²) in [6, 6.07) is 2.27. The van der Waals surface area contributed by atoms with Gasteiger partial charge in [0.1, 0.15) is 0 Å². The van der Waals surface area contributed by atoms with Crippen molar-refractivity contribution >= 4 is 21.6 Å². The Morgan fingerprint density at radius 3 is 2.43 bits per heavy atom. The second-order valence-electron chi connectivity index (χ2n) is 4.78. The van der Waals surface area contributed by atoms with Crippen LogP contribution in [0.15, 0.2) is 23.1 Å². The van der Waals surface area contributed by atoms with Gasteiger partial charge in [-0.2, -0.15) is 13.2 Å². The third kappa shape index (κ3) is 4.09. The molecule has 1 aromatic carbocycles. The van der Waals surface area contributed by atoms with Crippen molar-refractivity contribution < 1.29 is 21.6 Å². The average Bonchev–Trinajstić information content (AvgIpc) is 2.38. The Labute approximate surface area is 125 Å². The molecule has 0 aliphatic carbocycles. The van der Waals surface area contributed by atoms with E-state index in [1.54, 1.807) is 0 Å². The molecule has 1 saturated heterocycles. The summed E-state index contributed by atoms with van der Waals surface area (Å²) in [4.78, 5) is -0.794. The maximum atomic E-state index is 13.0. The van der Waals surface area contributed by atoms with Crippen molar-refractivity contribution in [2.24, 2.45) is 0 Å². The van der Waals surface area contributed by atoms with Gasteiger partial charge in [0.05, 0.1) is 10.5 Å². The SMILES string of the molecule is O=S(=O)(NC1CCNCC1)c1ccc(Cl)cc1C(F)(F)F. The van der Waals surface area contributed by atoms with Gasteiger partial charge in [-0.05, 0) is 44.1 Å². The van der Waals surface area contributed by atoms with Gasteiger partial charge in [-0.15, -0.1) is 0 Å². The van der Waals surface area contributed by atoms with E-state index in [9.17, 15) is 21.6 Å². The summed E-state index contributed by atoms with van der Waals surface area (Å²) in [6.07, 6.45) is -3.72. The Bertz CT molecular complexity index is 613. The number of halogens is 4. The van der Waals surface area contributed by atoms with E-state index in [4.69, 9.17) is 11.6 Å². The number of sulfonamides is 1. The van der Waals surface area contributed by atoms with Gasteiger partial charge in [-0.1, -0.05) is 11.6 Å². The lowest BCUT2D eigenvalue weighted by molar-refractivity contribution is -0.139. The molecule has 1 aliphatic rings. The predicted molar refractivity (Wildman–Crippen MR) is 72.7 cm³/mol. The van der Waals surface area contributed by atoms with E-state index in [0.29, 0.717) is 32.0 Å². The Hall–Kier alpha value is -0.830. The number of benzene rings is 1. The van der Waals surface area contributed by atoms with E-state index in [2.05, 4.69) is 10.0 Å². The third-order valence-corrected chi connectivity index (χ3v) is 5.01. The van der Waals surface area contributed by atoms with Crippen molar-refractivity contribution in [3.05, 3.63) is 28.8 Å².